The van der Waals surface area contributed by atoms with Gasteiger partial charge in [-0.05, 0) is 20.3 Å². The first-order chi connectivity index (χ1) is 7.69. The Morgan fingerprint density at radius 1 is 1.12 bits per heavy atom. The van der Waals surface area contributed by atoms with Crippen LogP contribution >= 0.6 is 0 Å². The van der Waals surface area contributed by atoms with Crippen LogP contribution < -0.4 is 0 Å². The molecule has 16 heavy (non-hydrogen) atoms. The summed E-state index contributed by atoms with van der Waals surface area (Å²) in [5.74, 6) is 0.483. The second-order valence-corrected chi connectivity index (χ2v) is 4.57. The zero-order chi connectivity index (χ0) is 11.2. The first kappa shape index (κ1) is 10.2. The third kappa shape index (κ3) is 1.53. The highest BCUT2D eigenvalue weighted by Gasteiger charge is 2.40. The summed E-state index contributed by atoms with van der Waals surface area (Å²) in [4.78, 5) is 8.93. The fourth-order valence-corrected chi connectivity index (χ4v) is 2.65. The van der Waals surface area contributed by atoms with Crippen LogP contribution in [0.2, 0.25) is 0 Å². The molecule has 2 aliphatic rings. The van der Waals surface area contributed by atoms with Gasteiger partial charge in [-0.2, -0.15) is 0 Å². The highest BCUT2D eigenvalue weighted by Crippen LogP contribution is 2.35. The van der Waals surface area contributed by atoms with Gasteiger partial charge in [-0.1, -0.05) is 0 Å². The zero-order valence-corrected chi connectivity index (χ0v) is 9.75. The van der Waals surface area contributed by atoms with E-state index in [1.165, 1.54) is 11.3 Å². The maximum atomic E-state index is 5.75. The van der Waals surface area contributed by atoms with E-state index in [0.717, 1.165) is 30.8 Å². The Balaban J connectivity index is 1.99. The lowest BCUT2D eigenvalue weighted by Crippen LogP contribution is -2.38. The molecular formula is C12H16N2O2. The molecule has 1 spiro atoms. The van der Waals surface area contributed by atoms with Gasteiger partial charge in [0.05, 0.1) is 13.2 Å². The van der Waals surface area contributed by atoms with Gasteiger partial charge in [0.1, 0.15) is 5.82 Å². The molecule has 0 atom stereocenters. The molecule has 2 heterocycles. The molecule has 1 fully saturated rings. The number of aryl methyl sites for hydroxylation is 3. The third-order valence-corrected chi connectivity index (χ3v) is 3.41. The minimum atomic E-state index is -0.379. The second kappa shape index (κ2) is 3.50. The van der Waals surface area contributed by atoms with Crippen molar-refractivity contribution in [2.45, 2.75) is 38.9 Å². The average Bonchev–Trinajstić information content (AvgIpc) is 2.68. The summed E-state index contributed by atoms with van der Waals surface area (Å²) in [5, 5.41) is 0. The number of hydrogen-bond acceptors (Lipinski definition) is 4. The summed E-state index contributed by atoms with van der Waals surface area (Å²) >= 11 is 0. The van der Waals surface area contributed by atoms with E-state index in [9.17, 15) is 0 Å². The lowest BCUT2D eigenvalue weighted by molar-refractivity contribution is -0.164. The number of rotatable bonds is 0. The molecule has 86 valence electrons. The first-order valence-electron chi connectivity index (χ1n) is 5.79. The molecule has 0 bridgehead atoms. The molecule has 4 heteroatoms. The van der Waals surface area contributed by atoms with Crippen molar-refractivity contribution in [3.05, 3.63) is 22.8 Å². The normalized spacial score (nSPS) is 22.4. The molecule has 1 aliphatic carbocycles. The van der Waals surface area contributed by atoms with Crippen LogP contribution in [0.4, 0.5) is 0 Å². The number of fused-ring (bicyclic) bond motifs is 1. The van der Waals surface area contributed by atoms with E-state index in [0.29, 0.717) is 13.2 Å². The van der Waals surface area contributed by atoms with Crippen molar-refractivity contribution in [2.75, 3.05) is 13.2 Å². The quantitative estimate of drug-likeness (QED) is 0.661. The van der Waals surface area contributed by atoms with Crippen molar-refractivity contribution in [1.29, 1.82) is 0 Å². The first-order valence-corrected chi connectivity index (χ1v) is 5.79. The van der Waals surface area contributed by atoms with Crippen LogP contribution in [0.3, 0.4) is 0 Å². The van der Waals surface area contributed by atoms with Gasteiger partial charge in [0.2, 0.25) is 0 Å². The highest BCUT2D eigenvalue weighted by molar-refractivity contribution is 5.29. The maximum absolute atomic E-state index is 5.75. The van der Waals surface area contributed by atoms with E-state index in [1.807, 2.05) is 13.8 Å². The van der Waals surface area contributed by atoms with Crippen LogP contribution in [-0.2, 0) is 22.3 Å². The van der Waals surface area contributed by atoms with Crippen LogP contribution in [0, 0.1) is 13.8 Å². The van der Waals surface area contributed by atoms with Crippen LogP contribution in [0.5, 0.6) is 0 Å². The SMILES string of the molecule is Cc1nc(C)c2c(n1)CCC1(C2)OCCO1. The number of aromatic nitrogens is 2. The van der Waals surface area contributed by atoms with Crippen LogP contribution in [0.15, 0.2) is 0 Å². The third-order valence-electron chi connectivity index (χ3n) is 3.41. The van der Waals surface area contributed by atoms with Crippen molar-refractivity contribution < 1.29 is 9.47 Å². The molecule has 0 saturated carbocycles. The van der Waals surface area contributed by atoms with E-state index >= 15 is 0 Å². The molecule has 1 aromatic heterocycles. The Labute approximate surface area is 95.0 Å². The Hall–Kier alpha value is -1.00. The molecule has 0 amide bonds. The van der Waals surface area contributed by atoms with E-state index in [1.54, 1.807) is 0 Å². The molecule has 0 radical (unpaired) electrons. The Morgan fingerprint density at radius 2 is 1.88 bits per heavy atom. The maximum Gasteiger partial charge on any atom is 0.172 e. The van der Waals surface area contributed by atoms with Crippen molar-refractivity contribution in [2.24, 2.45) is 0 Å². The number of ether oxygens (including phenoxy) is 2. The molecule has 4 nitrogen and oxygen atoms in total. The van der Waals surface area contributed by atoms with Crippen molar-refractivity contribution >= 4 is 0 Å². The minimum absolute atomic E-state index is 0.379. The van der Waals surface area contributed by atoms with Gasteiger partial charge in [-0.3, -0.25) is 0 Å². The predicted molar refractivity (Wildman–Crippen MR) is 58.2 cm³/mol. The summed E-state index contributed by atoms with van der Waals surface area (Å²) in [6.45, 7) is 5.41. The summed E-state index contributed by atoms with van der Waals surface area (Å²) in [6.07, 6.45) is 2.64. The number of hydrogen-bond donors (Lipinski definition) is 0. The summed E-state index contributed by atoms with van der Waals surface area (Å²) < 4.78 is 11.5. The number of nitrogens with zero attached hydrogens (tertiary/aromatic N) is 2. The van der Waals surface area contributed by atoms with Gasteiger partial charge in [-0.15, -0.1) is 0 Å². The zero-order valence-electron chi connectivity index (χ0n) is 9.75. The molecule has 0 aromatic carbocycles. The standard InChI is InChI=1S/C12H16N2O2/c1-8-10-7-12(15-5-6-16-12)4-3-11(10)14-9(2)13-8/h3-7H2,1-2H3. The van der Waals surface area contributed by atoms with Gasteiger partial charge in [-0.25, -0.2) is 9.97 Å². The molecule has 0 unspecified atom stereocenters. The Bertz CT molecular complexity index is 425. The fourth-order valence-electron chi connectivity index (χ4n) is 2.65. The van der Waals surface area contributed by atoms with Crippen molar-refractivity contribution in [1.82, 2.24) is 9.97 Å². The fraction of sp³-hybridized carbons (Fsp3) is 0.667. The summed E-state index contributed by atoms with van der Waals surface area (Å²) in [6, 6.07) is 0. The predicted octanol–water partition coefficient (Wildman–Crippen LogP) is 1.33. The van der Waals surface area contributed by atoms with E-state index in [-0.39, 0.29) is 5.79 Å². The lowest BCUT2D eigenvalue weighted by Gasteiger charge is -2.32. The largest absolute Gasteiger partial charge is 0.347 e. The topological polar surface area (TPSA) is 44.2 Å². The van der Waals surface area contributed by atoms with E-state index in [2.05, 4.69) is 9.97 Å². The lowest BCUT2D eigenvalue weighted by atomic mass is 9.89. The van der Waals surface area contributed by atoms with Gasteiger partial charge in [0, 0.05) is 29.8 Å². The molecule has 0 N–H and O–H groups in total. The molecule has 1 saturated heterocycles. The van der Waals surface area contributed by atoms with Gasteiger partial charge in [0.15, 0.2) is 5.79 Å². The molecule has 1 aromatic rings. The highest BCUT2D eigenvalue weighted by atomic mass is 16.7. The summed E-state index contributed by atoms with van der Waals surface area (Å²) in [7, 11) is 0. The van der Waals surface area contributed by atoms with Crippen molar-refractivity contribution in [3.63, 3.8) is 0 Å². The van der Waals surface area contributed by atoms with Crippen LogP contribution in [0.1, 0.15) is 29.2 Å². The summed E-state index contributed by atoms with van der Waals surface area (Å²) in [5.41, 5.74) is 3.47. The Morgan fingerprint density at radius 3 is 2.62 bits per heavy atom. The van der Waals surface area contributed by atoms with Crippen LogP contribution in [-0.4, -0.2) is 29.0 Å². The smallest absolute Gasteiger partial charge is 0.172 e. The van der Waals surface area contributed by atoms with Gasteiger partial charge < -0.3 is 9.47 Å². The molecular weight excluding hydrogens is 204 g/mol. The van der Waals surface area contributed by atoms with Crippen molar-refractivity contribution in [3.8, 4) is 0 Å². The Kier molecular flexibility index (Phi) is 2.23. The van der Waals surface area contributed by atoms with E-state index < -0.39 is 0 Å². The monoisotopic (exact) mass is 220 g/mol. The van der Waals surface area contributed by atoms with Crippen LogP contribution in [0.25, 0.3) is 0 Å². The minimum Gasteiger partial charge on any atom is -0.347 e. The molecule has 1 aliphatic heterocycles. The van der Waals surface area contributed by atoms with Gasteiger partial charge in [0.25, 0.3) is 0 Å². The molecule has 3 rings (SSSR count). The second-order valence-electron chi connectivity index (χ2n) is 4.57. The van der Waals surface area contributed by atoms with E-state index in [4.69, 9.17) is 9.47 Å². The van der Waals surface area contributed by atoms with Gasteiger partial charge >= 0.3 is 0 Å². The average molecular weight is 220 g/mol.